The van der Waals surface area contributed by atoms with Crippen molar-refractivity contribution in [2.24, 2.45) is 0 Å². The molecule has 0 aromatic carbocycles. The Kier molecular flexibility index (Phi) is 16.2. The van der Waals surface area contributed by atoms with E-state index in [2.05, 4.69) is 12.2 Å². The second-order valence-corrected chi connectivity index (χ2v) is 7.39. The van der Waals surface area contributed by atoms with Crippen molar-refractivity contribution >= 4 is 12.2 Å². The van der Waals surface area contributed by atoms with Crippen molar-refractivity contribution in [3.63, 3.8) is 0 Å². The van der Waals surface area contributed by atoms with Gasteiger partial charge in [0.25, 0.3) is 0 Å². The lowest BCUT2D eigenvalue weighted by Gasteiger charge is -2.26. The Morgan fingerprint density at radius 1 is 0.857 bits per heavy atom. The molecule has 0 bridgehead atoms. The number of amides is 1. The average molecular weight is 406 g/mol. The molecule has 0 spiro atoms. The lowest BCUT2D eigenvalue weighted by molar-refractivity contribution is -0.137. The monoisotopic (exact) mass is 405 g/mol. The highest BCUT2D eigenvalue weighted by Gasteiger charge is 2.32. The second kappa shape index (κ2) is 16.9. The average Bonchev–Trinajstić information content (AvgIpc) is 2.71. The van der Waals surface area contributed by atoms with Gasteiger partial charge >= 0.3 is 0 Å². The normalized spacial score (nSPS) is 16.8. The van der Waals surface area contributed by atoms with Crippen molar-refractivity contribution in [3.8, 4) is 0 Å². The van der Waals surface area contributed by atoms with Gasteiger partial charge in [-0.3, -0.25) is 4.79 Å². The molecule has 0 fully saturated rings. The second-order valence-electron chi connectivity index (χ2n) is 7.39. The van der Waals surface area contributed by atoms with E-state index in [0.717, 1.165) is 19.3 Å². The molecule has 8 heteroatoms. The minimum Gasteiger partial charge on any atom is -0.394 e. The Labute approximate surface area is 168 Å². The molecule has 8 nitrogen and oxygen atoms in total. The maximum Gasteiger partial charge on any atom is 0.249 e. The summed E-state index contributed by atoms with van der Waals surface area (Å²) in [5.41, 5.74) is 0. The van der Waals surface area contributed by atoms with Crippen LogP contribution in [0.2, 0.25) is 0 Å². The summed E-state index contributed by atoms with van der Waals surface area (Å²) < 4.78 is 0. The number of hydrogen-bond acceptors (Lipinski definition) is 7. The largest absolute Gasteiger partial charge is 0.394 e. The summed E-state index contributed by atoms with van der Waals surface area (Å²) in [5.74, 6) is -0.822. The first kappa shape index (κ1) is 26.9. The number of unbranched alkanes of at least 4 members (excludes halogenated alkanes) is 9. The van der Waals surface area contributed by atoms with Crippen LogP contribution >= 0.6 is 0 Å². The third kappa shape index (κ3) is 11.7. The molecule has 6 N–H and O–H groups in total. The Hall–Kier alpha value is -1.06. The van der Waals surface area contributed by atoms with Crippen molar-refractivity contribution in [2.75, 3.05) is 6.61 Å². The van der Waals surface area contributed by atoms with Gasteiger partial charge in [-0.15, -0.1) is 0 Å². The first-order valence-corrected chi connectivity index (χ1v) is 10.5. The molecular formula is C20H39NO7. The molecule has 1 unspecified atom stereocenters. The van der Waals surface area contributed by atoms with Crippen LogP contribution in [-0.4, -0.2) is 74.8 Å². The zero-order valence-electron chi connectivity index (χ0n) is 17.0. The van der Waals surface area contributed by atoms with Crippen LogP contribution in [0.5, 0.6) is 0 Å². The molecule has 0 aromatic rings. The number of aldehydes is 1. The van der Waals surface area contributed by atoms with E-state index in [1.165, 1.54) is 38.5 Å². The highest BCUT2D eigenvalue weighted by atomic mass is 16.4. The lowest BCUT2D eigenvalue weighted by Crippen LogP contribution is -2.55. The molecule has 0 aliphatic heterocycles. The van der Waals surface area contributed by atoms with Crippen LogP contribution in [-0.2, 0) is 9.59 Å². The van der Waals surface area contributed by atoms with E-state index in [1.54, 1.807) is 0 Å². The molecule has 0 aromatic heterocycles. The molecule has 166 valence electrons. The Morgan fingerprint density at radius 3 is 1.82 bits per heavy atom. The summed E-state index contributed by atoms with van der Waals surface area (Å²) in [4.78, 5) is 23.0. The first-order chi connectivity index (χ1) is 13.4. The van der Waals surface area contributed by atoms with Gasteiger partial charge in [0, 0.05) is 0 Å². The van der Waals surface area contributed by atoms with Gasteiger partial charge < -0.3 is 35.6 Å². The van der Waals surface area contributed by atoms with E-state index in [4.69, 9.17) is 5.11 Å². The van der Waals surface area contributed by atoms with E-state index in [9.17, 15) is 30.0 Å². The summed E-state index contributed by atoms with van der Waals surface area (Å²) in [6.07, 6.45) is 5.20. The summed E-state index contributed by atoms with van der Waals surface area (Å²) in [6, 6.07) is -1.49. The van der Waals surface area contributed by atoms with Gasteiger partial charge in [0.15, 0.2) is 0 Å². The Balaban J connectivity index is 3.99. The van der Waals surface area contributed by atoms with Gasteiger partial charge in [-0.2, -0.15) is 0 Å². The van der Waals surface area contributed by atoms with Gasteiger partial charge in [-0.1, -0.05) is 71.1 Å². The van der Waals surface area contributed by atoms with Crippen molar-refractivity contribution in [1.29, 1.82) is 0 Å². The minimum atomic E-state index is -1.81. The number of hydrogen-bond donors (Lipinski definition) is 6. The lowest BCUT2D eigenvalue weighted by atomic mass is 10.0. The van der Waals surface area contributed by atoms with Crippen molar-refractivity contribution in [2.45, 2.75) is 108 Å². The van der Waals surface area contributed by atoms with E-state index in [1.807, 2.05) is 0 Å². The number of rotatable bonds is 18. The van der Waals surface area contributed by atoms with E-state index < -0.39 is 43.0 Å². The van der Waals surface area contributed by atoms with E-state index in [-0.39, 0.29) is 12.7 Å². The highest BCUT2D eigenvalue weighted by Crippen LogP contribution is 2.12. The van der Waals surface area contributed by atoms with Crippen LogP contribution in [0.15, 0.2) is 0 Å². The van der Waals surface area contributed by atoms with Gasteiger partial charge in [0.2, 0.25) is 5.91 Å². The standard InChI is InChI=1S/C20H39NO7/c1-2-3-4-5-6-7-8-9-10-11-12-16(24)20(28)21-15(13-22)18(26)19(27)17(25)14-23/h13,15-19,23-27H,2-12,14H2,1H3,(H,21,28)/t15-,16?,17+,18+,19+/m0/s1. The van der Waals surface area contributed by atoms with Crippen LogP contribution in [0.1, 0.15) is 77.6 Å². The van der Waals surface area contributed by atoms with Crippen LogP contribution in [0.3, 0.4) is 0 Å². The smallest absolute Gasteiger partial charge is 0.249 e. The van der Waals surface area contributed by atoms with Crippen LogP contribution in [0.25, 0.3) is 0 Å². The maximum atomic E-state index is 11.9. The van der Waals surface area contributed by atoms with Gasteiger partial charge in [0.05, 0.1) is 6.61 Å². The summed E-state index contributed by atoms with van der Waals surface area (Å²) in [6.45, 7) is 1.39. The van der Waals surface area contributed by atoms with E-state index >= 15 is 0 Å². The van der Waals surface area contributed by atoms with Crippen molar-refractivity contribution in [1.82, 2.24) is 5.32 Å². The number of carbonyl (C=O) groups excluding carboxylic acids is 2. The van der Waals surface area contributed by atoms with Gasteiger partial charge in [0.1, 0.15) is 36.7 Å². The molecular weight excluding hydrogens is 366 g/mol. The molecule has 28 heavy (non-hydrogen) atoms. The molecule has 0 aliphatic carbocycles. The molecule has 0 saturated heterocycles. The zero-order chi connectivity index (χ0) is 21.4. The SMILES string of the molecule is CCCCCCCCCCCCC(O)C(=O)N[C@@H](C=O)[C@@H](O)[C@H](O)[C@H](O)CO. The van der Waals surface area contributed by atoms with Crippen LogP contribution in [0.4, 0.5) is 0 Å². The Bertz CT molecular complexity index is 408. The van der Waals surface area contributed by atoms with Crippen molar-refractivity contribution < 1.29 is 35.1 Å². The van der Waals surface area contributed by atoms with Gasteiger partial charge in [-0.25, -0.2) is 0 Å². The van der Waals surface area contributed by atoms with Crippen LogP contribution in [0, 0.1) is 0 Å². The molecule has 1 amide bonds. The van der Waals surface area contributed by atoms with Crippen LogP contribution < -0.4 is 5.32 Å². The number of aliphatic hydroxyl groups excluding tert-OH is 5. The molecule has 0 heterocycles. The predicted molar refractivity (Wildman–Crippen MR) is 106 cm³/mol. The quantitative estimate of drug-likeness (QED) is 0.143. The predicted octanol–water partition coefficient (Wildman–Crippen LogP) is 0.417. The third-order valence-electron chi connectivity index (χ3n) is 4.89. The minimum absolute atomic E-state index is 0.211. The molecule has 0 rings (SSSR count). The fourth-order valence-electron chi connectivity index (χ4n) is 2.96. The zero-order valence-corrected chi connectivity index (χ0v) is 17.0. The highest BCUT2D eigenvalue weighted by molar-refractivity contribution is 5.83. The fraction of sp³-hybridized carbons (Fsp3) is 0.900. The molecule has 0 radical (unpaired) electrons. The molecule has 5 atom stereocenters. The maximum absolute atomic E-state index is 11.9. The first-order valence-electron chi connectivity index (χ1n) is 10.5. The van der Waals surface area contributed by atoms with Crippen molar-refractivity contribution in [3.05, 3.63) is 0 Å². The summed E-state index contributed by atoms with van der Waals surface area (Å²) in [7, 11) is 0. The number of carbonyl (C=O) groups is 2. The number of nitrogens with one attached hydrogen (secondary N) is 1. The molecule has 0 saturated carbocycles. The van der Waals surface area contributed by atoms with Gasteiger partial charge in [-0.05, 0) is 6.42 Å². The fourth-order valence-corrected chi connectivity index (χ4v) is 2.96. The van der Waals surface area contributed by atoms with E-state index in [0.29, 0.717) is 6.42 Å². The summed E-state index contributed by atoms with van der Waals surface area (Å²) >= 11 is 0. The topological polar surface area (TPSA) is 147 Å². The Morgan fingerprint density at radius 2 is 1.36 bits per heavy atom. The summed E-state index contributed by atoms with van der Waals surface area (Å²) in [5, 5.41) is 49.6. The third-order valence-corrected chi connectivity index (χ3v) is 4.89. The molecule has 0 aliphatic rings. The number of aliphatic hydroxyl groups is 5.